The number of carbonyl (C=O) groups is 1. The van der Waals surface area contributed by atoms with Crippen molar-refractivity contribution in [3.63, 3.8) is 0 Å². The highest BCUT2D eigenvalue weighted by Gasteiger charge is 2.53. The molecule has 0 bridgehead atoms. The summed E-state index contributed by atoms with van der Waals surface area (Å²) in [6.45, 7) is 3.03. The zero-order valence-corrected chi connectivity index (χ0v) is 10.5. The second-order valence-corrected chi connectivity index (χ2v) is 6.51. The first-order chi connectivity index (χ1) is 7.16. The summed E-state index contributed by atoms with van der Waals surface area (Å²) in [6, 6.07) is 0. The van der Waals surface area contributed by atoms with E-state index >= 15 is 0 Å². The van der Waals surface area contributed by atoms with Gasteiger partial charge >= 0.3 is 0 Å². The predicted molar refractivity (Wildman–Crippen MR) is 62.1 cm³/mol. The molecule has 0 spiro atoms. The first kappa shape index (κ1) is 13.4. The number of hydrogen-bond acceptors (Lipinski definition) is 3. The van der Waals surface area contributed by atoms with Crippen LogP contribution in [0.15, 0.2) is 23.8 Å². The molecule has 1 rings (SSSR count). The van der Waals surface area contributed by atoms with Gasteiger partial charge < -0.3 is 4.79 Å². The normalized spacial score (nSPS) is 34.6. The summed E-state index contributed by atoms with van der Waals surface area (Å²) in [5, 5.41) is 0. The van der Waals surface area contributed by atoms with Gasteiger partial charge in [-0.05, 0) is 13.8 Å². The first-order valence-corrected chi connectivity index (χ1v) is 6.46. The van der Waals surface area contributed by atoms with Crippen LogP contribution in [0.25, 0.3) is 0 Å². The Hall–Kier alpha value is -0.650. The first-order valence-electron chi connectivity index (χ1n) is 4.64. The molecule has 0 amide bonds. The highest BCUT2D eigenvalue weighted by molar-refractivity contribution is 7.87. The average Bonchev–Trinajstić information content (AvgIpc) is 2.10. The topological polar surface area (TPSA) is 71.4 Å². The monoisotopic (exact) mass is 264 g/mol. The minimum absolute atomic E-state index is 0.188. The molecule has 6 heteroatoms. The maximum atomic E-state index is 11.4. The van der Waals surface area contributed by atoms with Crippen molar-refractivity contribution in [2.24, 2.45) is 0 Å². The summed E-state index contributed by atoms with van der Waals surface area (Å²) in [6.07, 6.45) is 4.70. The van der Waals surface area contributed by atoms with Crippen LogP contribution in [-0.4, -0.2) is 28.9 Å². The lowest BCUT2D eigenvalue weighted by atomic mass is 9.83. The molecule has 0 heterocycles. The maximum absolute atomic E-state index is 11.4. The summed E-state index contributed by atoms with van der Waals surface area (Å²) in [5.74, 6) is 0. The van der Waals surface area contributed by atoms with E-state index in [1.807, 2.05) is 0 Å². The molecule has 2 atom stereocenters. The number of hydrogen-bond donors (Lipinski definition) is 1. The van der Waals surface area contributed by atoms with Crippen LogP contribution in [0.5, 0.6) is 0 Å². The van der Waals surface area contributed by atoms with Crippen LogP contribution in [0.3, 0.4) is 0 Å². The van der Waals surface area contributed by atoms with E-state index in [1.165, 1.54) is 19.1 Å². The van der Waals surface area contributed by atoms with Crippen molar-refractivity contribution in [2.45, 2.75) is 29.9 Å². The van der Waals surface area contributed by atoms with Crippen LogP contribution in [0.4, 0.5) is 0 Å². The van der Waals surface area contributed by atoms with Crippen molar-refractivity contribution in [3.05, 3.63) is 23.8 Å². The minimum Gasteiger partial charge on any atom is -0.303 e. The van der Waals surface area contributed by atoms with Crippen molar-refractivity contribution >= 4 is 28.0 Å². The van der Waals surface area contributed by atoms with Crippen LogP contribution >= 0.6 is 11.6 Å². The van der Waals surface area contributed by atoms with Gasteiger partial charge in [-0.15, -0.1) is 11.6 Å². The second-order valence-electron chi connectivity index (χ2n) is 4.04. The van der Waals surface area contributed by atoms with Crippen molar-refractivity contribution in [3.8, 4) is 0 Å². The molecule has 0 saturated heterocycles. The standard InChI is InChI=1S/C10H13ClO4S/c1-8-3-4-9(2,16(13,14)15)10(11,7-8)5-6-12/h3-4,6-7H,5H2,1-2H3,(H,13,14,15)/t9-,10?/m1/s1. The van der Waals surface area contributed by atoms with Gasteiger partial charge in [-0.3, -0.25) is 4.55 Å². The molecule has 0 radical (unpaired) electrons. The molecule has 1 aliphatic carbocycles. The van der Waals surface area contributed by atoms with Gasteiger partial charge in [0.05, 0.1) is 4.87 Å². The Bertz CT molecular complexity index is 465. The zero-order chi connectivity index (χ0) is 12.6. The van der Waals surface area contributed by atoms with Gasteiger partial charge in [0.25, 0.3) is 10.1 Å². The molecule has 0 saturated carbocycles. The number of carbonyl (C=O) groups excluding carboxylic acids is 1. The van der Waals surface area contributed by atoms with E-state index in [2.05, 4.69) is 0 Å². The lowest BCUT2D eigenvalue weighted by Gasteiger charge is -2.39. The van der Waals surface area contributed by atoms with Gasteiger partial charge in [0.2, 0.25) is 0 Å². The number of alkyl halides is 1. The molecule has 0 aromatic carbocycles. The molecule has 90 valence electrons. The fraction of sp³-hybridized carbons (Fsp3) is 0.500. The van der Waals surface area contributed by atoms with E-state index in [9.17, 15) is 17.8 Å². The summed E-state index contributed by atoms with van der Waals surface area (Å²) >= 11 is 6.16. The number of allylic oxidation sites excluding steroid dienone is 3. The Morgan fingerprint density at radius 3 is 2.56 bits per heavy atom. The van der Waals surface area contributed by atoms with Crippen LogP contribution in [0.1, 0.15) is 20.3 Å². The molecule has 1 N–H and O–H groups in total. The molecule has 1 unspecified atom stereocenters. The fourth-order valence-electron chi connectivity index (χ4n) is 1.66. The van der Waals surface area contributed by atoms with E-state index in [0.717, 1.165) is 5.57 Å². The van der Waals surface area contributed by atoms with Gasteiger partial charge in [0.1, 0.15) is 11.0 Å². The average molecular weight is 265 g/mol. The smallest absolute Gasteiger partial charge is 0.276 e. The molecular weight excluding hydrogens is 252 g/mol. The third-order valence-electron chi connectivity index (χ3n) is 2.86. The van der Waals surface area contributed by atoms with Crippen molar-refractivity contribution in [1.29, 1.82) is 0 Å². The predicted octanol–water partition coefficient (Wildman–Crippen LogP) is 1.72. The molecule has 0 aliphatic heterocycles. The van der Waals surface area contributed by atoms with Gasteiger partial charge in [0.15, 0.2) is 0 Å². The number of aldehydes is 1. The highest BCUT2D eigenvalue weighted by atomic mass is 35.5. The van der Waals surface area contributed by atoms with E-state index < -0.39 is 19.7 Å². The number of halogens is 1. The summed E-state index contributed by atoms with van der Waals surface area (Å²) in [4.78, 5) is 9.14. The molecule has 0 aromatic rings. The van der Waals surface area contributed by atoms with E-state index in [0.29, 0.717) is 6.29 Å². The molecule has 0 fully saturated rings. The summed E-state index contributed by atoms with van der Waals surface area (Å²) in [5.41, 5.74) is 0.748. The van der Waals surface area contributed by atoms with E-state index in [1.54, 1.807) is 13.0 Å². The molecular formula is C10H13ClO4S. The molecule has 1 aliphatic rings. The fourth-order valence-corrected chi connectivity index (χ4v) is 3.07. The third kappa shape index (κ3) is 1.95. The Morgan fingerprint density at radius 1 is 1.56 bits per heavy atom. The lowest BCUT2D eigenvalue weighted by molar-refractivity contribution is -0.108. The van der Waals surface area contributed by atoms with Crippen LogP contribution in [0.2, 0.25) is 0 Å². The largest absolute Gasteiger partial charge is 0.303 e. The van der Waals surface area contributed by atoms with Crippen LogP contribution in [-0.2, 0) is 14.9 Å². The third-order valence-corrected chi connectivity index (χ3v) is 5.20. The Balaban J connectivity index is 3.41. The minimum atomic E-state index is -4.40. The Kier molecular flexibility index (Phi) is 3.34. The van der Waals surface area contributed by atoms with Gasteiger partial charge in [0, 0.05) is 6.42 Å². The Labute approximate surface area is 99.7 Å². The van der Waals surface area contributed by atoms with Gasteiger partial charge in [-0.25, -0.2) is 0 Å². The molecule has 16 heavy (non-hydrogen) atoms. The van der Waals surface area contributed by atoms with Crippen LogP contribution in [0, 0.1) is 0 Å². The second kappa shape index (κ2) is 3.98. The lowest BCUT2D eigenvalue weighted by Crippen LogP contribution is -2.52. The van der Waals surface area contributed by atoms with Crippen molar-refractivity contribution in [2.75, 3.05) is 0 Å². The summed E-state index contributed by atoms with van der Waals surface area (Å²) < 4.78 is 30.3. The Morgan fingerprint density at radius 2 is 2.12 bits per heavy atom. The van der Waals surface area contributed by atoms with Gasteiger partial charge in [-0.1, -0.05) is 23.8 Å². The molecule has 4 nitrogen and oxygen atoms in total. The quantitative estimate of drug-likeness (QED) is 0.479. The van der Waals surface area contributed by atoms with E-state index in [-0.39, 0.29) is 6.42 Å². The SMILES string of the molecule is CC1=CC(Cl)(CC=O)[C@](C)(S(=O)(=O)O)C=C1. The number of rotatable bonds is 3. The van der Waals surface area contributed by atoms with Crippen molar-refractivity contribution in [1.82, 2.24) is 0 Å². The van der Waals surface area contributed by atoms with Crippen molar-refractivity contribution < 1.29 is 17.8 Å². The van der Waals surface area contributed by atoms with Gasteiger partial charge in [-0.2, -0.15) is 8.42 Å². The maximum Gasteiger partial charge on any atom is 0.276 e. The van der Waals surface area contributed by atoms with E-state index in [4.69, 9.17) is 11.6 Å². The zero-order valence-electron chi connectivity index (χ0n) is 8.97. The van der Waals surface area contributed by atoms with Crippen LogP contribution < -0.4 is 0 Å². The summed E-state index contributed by atoms with van der Waals surface area (Å²) in [7, 11) is -4.40. The highest BCUT2D eigenvalue weighted by Crippen LogP contribution is 2.43. The molecule has 0 aromatic heterocycles.